The Hall–Kier alpha value is -3.77. The summed E-state index contributed by atoms with van der Waals surface area (Å²) in [5, 5.41) is 1.04. The maximum atomic E-state index is 14.5. The molecule has 0 N–H and O–H groups in total. The van der Waals surface area contributed by atoms with E-state index in [0.29, 0.717) is 30.8 Å². The highest BCUT2D eigenvalue weighted by Crippen LogP contribution is 2.30. The number of furan rings is 1. The van der Waals surface area contributed by atoms with Crippen LogP contribution in [-0.4, -0.2) is 36.6 Å². The predicted molar refractivity (Wildman–Crippen MR) is 142 cm³/mol. The number of carbonyl (C=O) groups excluding carboxylic acids is 1. The molecule has 0 bridgehead atoms. The molecule has 3 aromatic carbocycles. The summed E-state index contributed by atoms with van der Waals surface area (Å²) in [6, 6.07) is 18.9. The largest absolute Gasteiger partial charge is 0.496 e. The first kappa shape index (κ1) is 23.6. The molecule has 3 heterocycles. The Kier molecular flexibility index (Phi) is 6.35. The third-order valence-electron chi connectivity index (χ3n) is 7.58. The number of carbonyl (C=O) groups is 1. The molecule has 0 amide bonds. The Bertz CT molecular complexity index is 1510. The van der Waals surface area contributed by atoms with Gasteiger partial charge in [0.2, 0.25) is 0 Å². The monoisotopic (exact) mass is 496 g/mol. The average Bonchev–Trinajstić information content (AvgIpc) is 3.56. The maximum absolute atomic E-state index is 14.5. The van der Waals surface area contributed by atoms with Gasteiger partial charge in [-0.05, 0) is 73.3 Å². The summed E-state index contributed by atoms with van der Waals surface area (Å²) < 4.78 is 25.3. The van der Waals surface area contributed by atoms with Gasteiger partial charge in [-0.25, -0.2) is 4.39 Å². The SMILES string of the molecule is COc1cccc(F)c1CN1CCC[C@@H](CC(=O)c2ccc3c(c2)C(c2ccc4occc4c2)=NC3)C1. The molecular formula is C31H29FN2O3. The minimum atomic E-state index is -0.250. The van der Waals surface area contributed by atoms with Crippen LogP contribution in [0.1, 0.15) is 51.9 Å². The van der Waals surface area contributed by atoms with E-state index in [0.717, 1.165) is 64.9 Å². The van der Waals surface area contributed by atoms with Crippen LogP contribution in [0.15, 0.2) is 76.3 Å². The fraction of sp³-hybridized carbons (Fsp3) is 0.290. The van der Waals surface area contributed by atoms with Crippen molar-refractivity contribution in [2.45, 2.75) is 32.4 Å². The van der Waals surface area contributed by atoms with Crippen LogP contribution in [0, 0.1) is 11.7 Å². The van der Waals surface area contributed by atoms with Crippen molar-refractivity contribution in [3.63, 3.8) is 0 Å². The molecule has 2 aliphatic heterocycles. The number of piperidine rings is 1. The minimum Gasteiger partial charge on any atom is -0.496 e. The summed E-state index contributed by atoms with van der Waals surface area (Å²) in [5.41, 5.74) is 6.29. The summed E-state index contributed by atoms with van der Waals surface area (Å²) in [5.74, 6) is 0.708. The van der Waals surface area contributed by atoms with Crippen LogP contribution in [0.25, 0.3) is 11.0 Å². The molecule has 0 unspecified atom stereocenters. The second-order valence-corrected chi connectivity index (χ2v) is 10.0. The Morgan fingerprint density at radius 3 is 2.97 bits per heavy atom. The number of hydrogen-bond donors (Lipinski definition) is 0. The lowest BCUT2D eigenvalue weighted by Gasteiger charge is -2.33. The number of nitrogens with zero attached hydrogens (tertiary/aromatic N) is 2. The quantitative estimate of drug-likeness (QED) is 0.277. The lowest BCUT2D eigenvalue weighted by Crippen LogP contribution is -2.36. The second-order valence-electron chi connectivity index (χ2n) is 10.0. The van der Waals surface area contributed by atoms with Crippen molar-refractivity contribution in [3.05, 3.63) is 101 Å². The fourth-order valence-electron chi connectivity index (χ4n) is 5.67. The smallest absolute Gasteiger partial charge is 0.163 e. The number of methoxy groups -OCH3 is 1. The first-order chi connectivity index (χ1) is 18.1. The molecule has 4 aromatic rings. The normalized spacial score (nSPS) is 17.6. The van der Waals surface area contributed by atoms with Gasteiger partial charge in [0.1, 0.15) is 17.1 Å². The van der Waals surface area contributed by atoms with Crippen molar-refractivity contribution in [2.24, 2.45) is 10.9 Å². The van der Waals surface area contributed by atoms with E-state index in [2.05, 4.69) is 11.0 Å². The predicted octanol–water partition coefficient (Wildman–Crippen LogP) is 6.42. The molecule has 1 atom stereocenters. The van der Waals surface area contributed by atoms with Crippen LogP contribution in [0.2, 0.25) is 0 Å². The van der Waals surface area contributed by atoms with Crippen LogP contribution >= 0.6 is 0 Å². The van der Waals surface area contributed by atoms with Crippen LogP contribution in [-0.2, 0) is 13.1 Å². The van der Waals surface area contributed by atoms with Crippen LogP contribution in [0.4, 0.5) is 4.39 Å². The number of Topliss-reactive ketones (excluding diaryl/α,β-unsaturated/α-hetero) is 1. The highest BCUT2D eigenvalue weighted by atomic mass is 19.1. The molecule has 5 nitrogen and oxygen atoms in total. The van der Waals surface area contributed by atoms with Gasteiger partial charge in [-0.1, -0.05) is 18.2 Å². The molecule has 37 heavy (non-hydrogen) atoms. The van der Waals surface area contributed by atoms with E-state index < -0.39 is 0 Å². The number of ether oxygens (including phenoxy) is 1. The van der Waals surface area contributed by atoms with E-state index >= 15 is 0 Å². The van der Waals surface area contributed by atoms with Gasteiger partial charge < -0.3 is 9.15 Å². The van der Waals surface area contributed by atoms with Crippen LogP contribution < -0.4 is 4.74 Å². The minimum absolute atomic E-state index is 0.148. The van der Waals surface area contributed by atoms with Gasteiger partial charge in [-0.3, -0.25) is 14.7 Å². The van der Waals surface area contributed by atoms with E-state index in [9.17, 15) is 9.18 Å². The average molecular weight is 497 g/mol. The molecule has 2 aliphatic rings. The van der Waals surface area contributed by atoms with Gasteiger partial charge in [0.25, 0.3) is 0 Å². The van der Waals surface area contributed by atoms with Crippen LogP contribution in [0.3, 0.4) is 0 Å². The first-order valence-electron chi connectivity index (χ1n) is 12.8. The number of ketones is 1. The number of fused-ring (bicyclic) bond motifs is 2. The van der Waals surface area contributed by atoms with Gasteiger partial charge in [0.05, 0.1) is 25.6 Å². The Morgan fingerprint density at radius 2 is 2.08 bits per heavy atom. The third-order valence-corrected chi connectivity index (χ3v) is 7.58. The summed E-state index contributed by atoms with van der Waals surface area (Å²) in [6.45, 7) is 2.77. The van der Waals surface area contributed by atoms with E-state index in [-0.39, 0.29) is 17.5 Å². The van der Waals surface area contributed by atoms with Crippen molar-refractivity contribution >= 4 is 22.5 Å². The molecule has 0 spiro atoms. The lowest BCUT2D eigenvalue weighted by molar-refractivity contribution is 0.0911. The number of halogens is 1. The zero-order valence-electron chi connectivity index (χ0n) is 20.9. The highest BCUT2D eigenvalue weighted by Gasteiger charge is 2.26. The van der Waals surface area contributed by atoms with E-state index in [1.807, 2.05) is 36.4 Å². The Labute approximate surface area is 215 Å². The number of benzene rings is 3. The van der Waals surface area contributed by atoms with Crippen molar-refractivity contribution in [1.82, 2.24) is 4.90 Å². The number of rotatable bonds is 7. The summed E-state index contributed by atoms with van der Waals surface area (Å²) >= 11 is 0. The van der Waals surface area contributed by atoms with Gasteiger partial charge >= 0.3 is 0 Å². The molecule has 6 heteroatoms. The number of aliphatic imine (C=N–C) groups is 1. The van der Waals surface area contributed by atoms with E-state index in [1.165, 1.54) is 6.07 Å². The van der Waals surface area contributed by atoms with Crippen molar-refractivity contribution in [3.8, 4) is 5.75 Å². The second kappa shape index (κ2) is 9.94. The molecule has 0 radical (unpaired) electrons. The molecule has 6 rings (SSSR count). The molecule has 1 saturated heterocycles. The zero-order valence-corrected chi connectivity index (χ0v) is 20.9. The molecular weight excluding hydrogens is 467 g/mol. The number of likely N-dealkylation sites (tertiary alicyclic amines) is 1. The molecule has 0 aliphatic carbocycles. The third kappa shape index (κ3) is 4.69. The number of hydrogen-bond acceptors (Lipinski definition) is 5. The van der Waals surface area contributed by atoms with Crippen molar-refractivity contribution in [1.29, 1.82) is 0 Å². The topological polar surface area (TPSA) is 55.0 Å². The Balaban J connectivity index is 1.16. The van der Waals surface area contributed by atoms with Gasteiger partial charge in [0, 0.05) is 47.2 Å². The summed E-state index contributed by atoms with van der Waals surface area (Å²) in [7, 11) is 1.57. The van der Waals surface area contributed by atoms with E-state index in [4.69, 9.17) is 14.1 Å². The molecule has 1 aromatic heterocycles. The van der Waals surface area contributed by atoms with Crippen molar-refractivity contribution in [2.75, 3.05) is 20.2 Å². The summed E-state index contributed by atoms with van der Waals surface area (Å²) in [4.78, 5) is 20.4. The first-order valence-corrected chi connectivity index (χ1v) is 12.8. The standard InChI is InChI=1S/C31H29FN2O3/c1-36-30-6-2-5-27(32)26(30)19-34-12-3-4-20(18-34)14-28(35)21-7-8-24-17-33-31(25(24)16-21)23-9-10-29-22(15-23)11-13-37-29/h2,5-11,13,15-16,20H,3-4,12,14,17-19H2,1H3/t20-/m0/s1. The molecule has 0 saturated carbocycles. The van der Waals surface area contributed by atoms with Crippen molar-refractivity contribution < 1.29 is 18.3 Å². The lowest BCUT2D eigenvalue weighted by atomic mass is 9.89. The van der Waals surface area contributed by atoms with E-state index in [1.54, 1.807) is 25.5 Å². The maximum Gasteiger partial charge on any atom is 0.163 e. The van der Waals surface area contributed by atoms with Crippen LogP contribution in [0.5, 0.6) is 5.75 Å². The van der Waals surface area contributed by atoms with Gasteiger partial charge in [0.15, 0.2) is 5.78 Å². The highest BCUT2D eigenvalue weighted by molar-refractivity contribution is 6.17. The zero-order chi connectivity index (χ0) is 25.4. The van der Waals surface area contributed by atoms with Gasteiger partial charge in [-0.2, -0.15) is 0 Å². The van der Waals surface area contributed by atoms with Gasteiger partial charge in [-0.15, -0.1) is 0 Å². The fourth-order valence-corrected chi connectivity index (χ4v) is 5.67. The molecule has 1 fully saturated rings. The Morgan fingerprint density at radius 1 is 1.16 bits per heavy atom. The summed E-state index contributed by atoms with van der Waals surface area (Å²) in [6.07, 6.45) is 4.16. The molecule has 188 valence electrons.